The van der Waals surface area contributed by atoms with Crippen LogP contribution in [0.2, 0.25) is 0 Å². The Labute approximate surface area is 120 Å². The number of halogens is 1. The van der Waals surface area contributed by atoms with E-state index < -0.39 is 0 Å². The topological polar surface area (TPSA) is 64.7 Å². The lowest BCUT2D eigenvalue weighted by Crippen LogP contribution is -2.01. The summed E-state index contributed by atoms with van der Waals surface area (Å²) in [5.74, 6) is 0.476. The minimum absolute atomic E-state index is 0.255. The molecule has 21 heavy (non-hydrogen) atoms. The molecule has 1 aliphatic carbocycles. The Bertz CT molecular complexity index is 826. The van der Waals surface area contributed by atoms with Crippen LogP contribution in [0.25, 0.3) is 22.3 Å². The molecule has 1 aromatic carbocycles. The van der Waals surface area contributed by atoms with Crippen LogP contribution < -0.4 is 5.73 Å². The molecule has 0 saturated heterocycles. The smallest absolute Gasteiger partial charge is 0.220 e. The summed E-state index contributed by atoms with van der Waals surface area (Å²) in [7, 11) is 0. The molecule has 5 heteroatoms. The van der Waals surface area contributed by atoms with Crippen LogP contribution >= 0.6 is 0 Å². The molecule has 1 saturated carbocycles. The van der Waals surface area contributed by atoms with Crippen molar-refractivity contribution in [1.29, 1.82) is 0 Å². The zero-order chi connectivity index (χ0) is 14.4. The van der Waals surface area contributed by atoms with Gasteiger partial charge in [-0.25, -0.2) is 19.3 Å². The molecule has 0 bridgehead atoms. The van der Waals surface area contributed by atoms with Gasteiger partial charge in [-0.2, -0.15) is 0 Å². The van der Waals surface area contributed by atoms with Gasteiger partial charge in [0, 0.05) is 11.5 Å². The van der Waals surface area contributed by atoms with Crippen molar-refractivity contribution in [1.82, 2.24) is 15.0 Å². The van der Waals surface area contributed by atoms with E-state index in [1.165, 1.54) is 12.1 Å². The van der Waals surface area contributed by atoms with E-state index in [9.17, 15) is 4.39 Å². The Morgan fingerprint density at radius 1 is 0.952 bits per heavy atom. The number of hydrogen-bond acceptors (Lipinski definition) is 4. The number of hydrogen-bond donors (Lipinski definition) is 1. The van der Waals surface area contributed by atoms with Gasteiger partial charge in [0.15, 0.2) is 0 Å². The molecule has 1 fully saturated rings. The van der Waals surface area contributed by atoms with Crippen LogP contribution in [0.4, 0.5) is 10.3 Å². The van der Waals surface area contributed by atoms with Gasteiger partial charge in [-0.05, 0) is 49.2 Å². The lowest BCUT2D eigenvalue weighted by Gasteiger charge is -2.07. The molecular formula is C16H13FN4. The van der Waals surface area contributed by atoms with Gasteiger partial charge >= 0.3 is 0 Å². The molecule has 0 spiro atoms. The summed E-state index contributed by atoms with van der Waals surface area (Å²) in [5.41, 5.74) is 9.92. The number of nitrogen functional groups attached to an aromatic ring is 1. The van der Waals surface area contributed by atoms with Crippen molar-refractivity contribution >= 4 is 17.0 Å². The molecule has 1 aliphatic rings. The van der Waals surface area contributed by atoms with Gasteiger partial charge in [-0.1, -0.05) is 0 Å². The normalized spacial score (nSPS) is 14.5. The molecule has 2 N–H and O–H groups in total. The fraction of sp³-hybridized carbons (Fsp3) is 0.188. The molecule has 2 heterocycles. The first kappa shape index (κ1) is 12.2. The first-order valence-electron chi connectivity index (χ1n) is 6.91. The molecular weight excluding hydrogens is 267 g/mol. The summed E-state index contributed by atoms with van der Waals surface area (Å²) < 4.78 is 13.0. The molecule has 3 aromatic rings. The highest BCUT2D eigenvalue weighted by atomic mass is 19.1. The van der Waals surface area contributed by atoms with E-state index in [1.807, 2.05) is 12.1 Å². The van der Waals surface area contributed by atoms with Gasteiger partial charge in [-0.15, -0.1) is 0 Å². The van der Waals surface area contributed by atoms with Crippen LogP contribution in [-0.2, 0) is 0 Å². The Hall–Kier alpha value is -2.56. The Kier molecular flexibility index (Phi) is 2.60. The minimum Gasteiger partial charge on any atom is -0.368 e. The number of rotatable bonds is 2. The average Bonchev–Trinajstić information content (AvgIpc) is 3.31. The lowest BCUT2D eigenvalue weighted by molar-refractivity contribution is 0.628. The third-order valence-electron chi connectivity index (χ3n) is 3.69. The summed E-state index contributed by atoms with van der Waals surface area (Å²) in [6, 6.07) is 10.1. The van der Waals surface area contributed by atoms with Crippen LogP contribution in [0.15, 0.2) is 36.4 Å². The highest BCUT2D eigenvalue weighted by Crippen LogP contribution is 2.41. The molecule has 104 valence electrons. The van der Waals surface area contributed by atoms with Crippen molar-refractivity contribution in [2.45, 2.75) is 18.8 Å². The molecule has 0 amide bonds. The highest BCUT2D eigenvalue weighted by Gasteiger charge is 2.28. The maximum Gasteiger partial charge on any atom is 0.220 e. The predicted octanol–water partition coefficient (Wildman–Crippen LogP) is 3.29. The maximum absolute atomic E-state index is 13.0. The summed E-state index contributed by atoms with van der Waals surface area (Å²) >= 11 is 0. The number of nitrogens with zero attached hydrogens (tertiary/aromatic N) is 3. The first-order valence-corrected chi connectivity index (χ1v) is 6.91. The van der Waals surface area contributed by atoms with Crippen LogP contribution in [-0.4, -0.2) is 15.0 Å². The molecule has 2 aromatic heterocycles. The molecule has 0 aliphatic heterocycles. The van der Waals surface area contributed by atoms with Crippen LogP contribution in [0, 0.1) is 5.82 Å². The summed E-state index contributed by atoms with van der Waals surface area (Å²) in [5, 5.41) is 0. The number of pyridine rings is 1. The zero-order valence-corrected chi connectivity index (χ0v) is 11.3. The van der Waals surface area contributed by atoms with Gasteiger partial charge in [0.1, 0.15) is 11.3 Å². The van der Waals surface area contributed by atoms with Gasteiger partial charge in [0.05, 0.1) is 16.9 Å². The molecule has 4 rings (SSSR count). The van der Waals surface area contributed by atoms with E-state index >= 15 is 0 Å². The van der Waals surface area contributed by atoms with E-state index in [4.69, 9.17) is 5.73 Å². The van der Waals surface area contributed by atoms with Gasteiger partial charge in [0.2, 0.25) is 5.95 Å². The minimum atomic E-state index is -0.255. The van der Waals surface area contributed by atoms with Gasteiger partial charge in [0.25, 0.3) is 0 Å². The Morgan fingerprint density at radius 2 is 1.71 bits per heavy atom. The van der Waals surface area contributed by atoms with Gasteiger partial charge in [-0.3, -0.25) is 0 Å². The van der Waals surface area contributed by atoms with E-state index in [-0.39, 0.29) is 5.82 Å². The Balaban J connectivity index is 1.90. The van der Waals surface area contributed by atoms with Crippen LogP contribution in [0.5, 0.6) is 0 Å². The van der Waals surface area contributed by atoms with Crippen molar-refractivity contribution in [2.75, 3.05) is 5.73 Å². The molecule has 0 unspecified atom stereocenters. The molecule has 4 nitrogen and oxygen atoms in total. The van der Waals surface area contributed by atoms with Crippen LogP contribution in [0.3, 0.4) is 0 Å². The number of benzene rings is 1. The monoisotopic (exact) mass is 280 g/mol. The zero-order valence-electron chi connectivity index (χ0n) is 11.3. The standard InChI is InChI=1S/C16H13FN4/c17-11-5-3-9(4-6-11)12-7-8-13-15(19-12)14(10-1-2-10)21-16(18)20-13/h3-8,10H,1-2H2,(H2,18,20,21). The number of fused-ring (bicyclic) bond motifs is 1. The van der Waals surface area contributed by atoms with E-state index in [1.54, 1.807) is 12.1 Å². The second kappa shape index (κ2) is 4.48. The maximum atomic E-state index is 13.0. The molecule has 0 atom stereocenters. The fourth-order valence-corrected chi connectivity index (χ4v) is 2.48. The predicted molar refractivity (Wildman–Crippen MR) is 79.1 cm³/mol. The quantitative estimate of drug-likeness (QED) is 0.782. The number of anilines is 1. The van der Waals surface area contributed by atoms with Crippen molar-refractivity contribution < 1.29 is 4.39 Å². The third kappa shape index (κ3) is 2.20. The second-order valence-corrected chi connectivity index (χ2v) is 5.31. The lowest BCUT2D eigenvalue weighted by atomic mass is 10.1. The first-order chi connectivity index (χ1) is 10.2. The van der Waals surface area contributed by atoms with E-state index in [0.29, 0.717) is 11.9 Å². The van der Waals surface area contributed by atoms with E-state index in [2.05, 4.69) is 15.0 Å². The number of aromatic nitrogens is 3. The third-order valence-corrected chi connectivity index (χ3v) is 3.69. The van der Waals surface area contributed by atoms with E-state index in [0.717, 1.165) is 40.8 Å². The highest BCUT2D eigenvalue weighted by molar-refractivity contribution is 5.81. The van der Waals surface area contributed by atoms with Gasteiger partial charge < -0.3 is 5.73 Å². The molecule has 0 radical (unpaired) electrons. The van der Waals surface area contributed by atoms with Crippen molar-refractivity contribution in [2.24, 2.45) is 0 Å². The average molecular weight is 280 g/mol. The van der Waals surface area contributed by atoms with Crippen molar-refractivity contribution in [3.8, 4) is 11.3 Å². The summed E-state index contributed by atoms with van der Waals surface area (Å²) in [6.45, 7) is 0. The fourth-order valence-electron chi connectivity index (χ4n) is 2.48. The number of nitrogens with two attached hydrogens (primary N) is 1. The SMILES string of the molecule is Nc1nc(C2CC2)c2nc(-c3ccc(F)cc3)ccc2n1. The summed E-state index contributed by atoms with van der Waals surface area (Å²) in [6.07, 6.45) is 2.24. The van der Waals surface area contributed by atoms with Crippen molar-refractivity contribution in [3.05, 3.63) is 47.9 Å². The second-order valence-electron chi connectivity index (χ2n) is 5.31. The van der Waals surface area contributed by atoms with Crippen molar-refractivity contribution in [3.63, 3.8) is 0 Å². The van der Waals surface area contributed by atoms with Crippen LogP contribution in [0.1, 0.15) is 24.5 Å². The summed E-state index contributed by atoms with van der Waals surface area (Å²) in [4.78, 5) is 13.3. The Morgan fingerprint density at radius 3 is 2.43 bits per heavy atom. The largest absolute Gasteiger partial charge is 0.368 e.